The Bertz CT molecular complexity index is 582. The van der Waals surface area contributed by atoms with E-state index in [0.717, 1.165) is 16.8 Å². The SMILES string of the molecule is CCOc1ccc2nc(SC(CC)C(N)=O)[nH]c2c1. The number of primary amides is 1. The summed E-state index contributed by atoms with van der Waals surface area (Å²) in [5.74, 6) is 0.486. The number of ether oxygens (including phenoxy) is 1. The number of thioether (sulfide) groups is 1. The summed E-state index contributed by atoms with van der Waals surface area (Å²) in [6, 6.07) is 5.68. The van der Waals surface area contributed by atoms with Gasteiger partial charge in [-0.05, 0) is 25.5 Å². The van der Waals surface area contributed by atoms with Crippen LogP contribution in [-0.2, 0) is 4.79 Å². The Kier molecular flexibility index (Phi) is 4.31. The molecule has 0 saturated carbocycles. The second-order valence-electron chi connectivity index (χ2n) is 4.07. The molecule has 0 bridgehead atoms. The van der Waals surface area contributed by atoms with Crippen molar-refractivity contribution < 1.29 is 9.53 Å². The van der Waals surface area contributed by atoms with Crippen molar-refractivity contribution in [1.29, 1.82) is 0 Å². The number of fused-ring (bicyclic) bond motifs is 1. The van der Waals surface area contributed by atoms with Crippen molar-refractivity contribution in [3.8, 4) is 5.75 Å². The topological polar surface area (TPSA) is 81.0 Å². The van der Waals surface area contributed by atoms with Gasteiger partial charge in [-0.2, -0.15) is 0 Å². The molecule has 0 saturated heterocycles. The summed E-state index contributed by atoms with van der Waals surface area (Å²) >= 11 is 1.36. The second kappa shape index (κ2) is 5.97. The number of aromatic nitrogens is 2. The number of carbonyl (C=O) groups excluding carboxylic acids is 1. The first-order valence-corrected chi connectivity index (χ1v) is 7.10. The maximum absolute atomic E-state index is 11.2. The van der Waals surface area contributed by atoms with Gasteiger partial charge in [-0.1, -0.05) is 18.7 Å². The Hall–Kier alpha value is -1.69. The van der Waals surface area contributed by atoms with E-state index in [-0.39, 0.29) is 11.2 Å². The van der Waals surface area contributed by atoms with Crippen molar-refractivity contribution in [2.24, 2.45) is 5.73 Å². The van der Waals surface area contributed by atoms with E-state index >= 15 is 0 Å². The van der Waals surface area contributed by atoms with E-state index in [4.69, 9.17) is 10.5 Å². The number of carbonyl (C=O) groups is 1. The number of hydrogen-bond donors (Lipinski definition) is 2. The van der Waals surface area contributed by atoms with E-state index in [9.17, 15) is 4.79 Å². The lowest BCUT2D eigenvalue weighted by Gasteiger charge is -2.06. The van der Waals surface area contributed by atoms with E-state index in [1.54, 1.807) is 0 Å². The molecule has 2 aromatic rings. The summed E-state index contributed by atoms with van der Waals surface area (Å²) in [5.41, 5.74) is 7.08. The van der Waals surface area contributed by atoms with Gasteiger partial charge in [-0.25, -0.2) is 4.98 Å². The first-order chi connectivity index (χ1) is 9.13. The average molecular weight is 279 g/mol. The molecule has 3 N–H and O–H groups in total. The van der Waals surface area contributed by atoms with Crippen molar-refractivity contribution in [2.45, 2.75) is 30.7 Å². The zero-order valence-corrected chi connectivity index (χ0v) is 11.8. The van der Waals surface area contributed by atoms with Crippen LogP contribution in [0.25, 0.3) is 11.0 Å². The molecule has 19 heavy (non-hydrogen) atoms. The van der Waals surface area contributed by atoms with Crippen molar-refractivity contribution in [1.82, 2.24) is 9.97 Å². The van der Waals surface area contributed by atoms with Crippen LogP contribution in [0.15, 0.2) is 23.4 Å². The second-order valence-corrected chi connectivity index (χ2v) is 5.26. The first kappa shape index (κ1) is 13.7. The Labute approximate surface area is 115 Å². The summed E-state index contributed by atoms with van der Waals surface area (Å²) in [6.45, 7) is 4.50. The summed E-state index contributed by atoms with van der Waals surface area (Å²) < 4.78 is 5.44. The zero-order chi connectivity index (χ0) is 13.8. The molecular formula is C13H17N3O2S. The molecular weight excluding hydrogens is 262 g/mol. The number of rotatable bonds is 6. The molecule has 1 aromatic carbocycles. The Morgan fingerprint density at radius 3 is 2.95 bits per heavy atom. The lowest BCUT2D eigenvalue weighted by atomic mass is 10.3. The van der Waals surface area contributed by atoms with Crippen molar-refractivity contribution in [3.05, 3.63) is 18.2 Å². The van der Waals surface area contributed by atoms with Crippen LogP contribution in [0.2, 0.25) is 0 Å². The monoisotopic (exact) mass is 279 g/mol. The highest BCUT2D eigenvalue weighted by Crippen LogP contribution is 2.26. The minimum absolute atomic E-state index is 0.257. The Balaban J connectivity index is 2.23. The summed E-state index contributed by atoms with van der Waals surface area (Å²) in [7, 11) is 0. The predicted octanol–water partition coefficient (Wildman–Crippen LogP) is 2.32. The van der Waals surface area contributed by atoms with Crippen LogP contribution >= 0.6 is 11.8 Å². The molecule has 1 amide bonds. The lowest BCUT2D eigenvalue weighted by molar-refractivity contribution is -0.117. The highest BCUT2D eigenvalue weighted by Gasteiger charge is 2.16. The molecule has 0 fully saturated rings. The number of nitrogens with one attached hydrogen (secondary N) is 1. The van der Waals surface area contributed by atoms with Gasteiger partial charge < -0.3 is 15.5 Å². The molecule has 1 heterocycles. The number of nitrogens with zero attached hydrogens (tertiary/aromatic N) is 1. The van der Waals surface area contributed by atoms with Crippen molar-refractivity contribution in [3.63, 3.8) is 0 Å². The number of amides is 1. The minimum atomic E-state index is -0.317. The van der Waals surface area contributed by atoms with Crippen LogP contribution in [0.1, 0.15) is 20.3 Å². The Morgan fingerprint density at radius 1 is 1.53 bits per heavy atom. The number of imidazole rings is 1. The normalized spacial score (nSPS) is 12.5. The maximum Gasteiger partial charge on any atom is 0.231 e. The van der Waals surface area contributed by atoms with Crippen molar-refractivity contribution in [2.75, 3.05) is 6.61 Å². The van der Waals surface area contributed by atoms with E-state index in [1.165, 1.54) is 11.8 Å². The fourth-order valence-corrected chi connectivity index (χ4v) is 2.63. The highest BCUT2D eigenvalue weighted by molar-refractivity contribution is 8.00. The van der Waals surface area contributed by atoms with Gasteiger partial charge in [0.15, 0.2) is 5.16 Å². The van der Waals surface area contributed by atoms with Crippen LogP contribution in [0.3, 0.4) is 0 Å². The molecule has 0 spiro atoms. The lowest BCUT2D eigenvalue weighted by Crippen LogP contribution is -2.24. The third kappa shape index (κ3) is 3.20. The number of nitrogens with two attached hydrogens (primary N) is 1. The largest absolute Gasteiger partial charge is 0.494 e. The quantitative estimate of drug-likeness (QED) is 0.795. The fraction of sp³-hybridized carbons (Fsp3) is 0.385. The molecule has 0 aliphatic rings. The standard InChI is InChI=1S/C13H17N3O2S/c1-3-11(12(14)17)19-13-15-9-6-5-8(18-4-2)7-10(9)16-13/h5-7,11H,3-4H2,1-2H3,(H2,14,17)(H,15,16). The molecule has 0 radical (unpaired) electrons. The average Bonchev–Trinajstić information content (AvgIpc) is 2.77. The van der Waals surface area contributed by atoms with E-state index < -0.39 is 0 Å². The smallest absolute Gasteiger partial charge is 0.231 e. The molecule has 1 aromatic heterocycles. The molecule has 102 valence electrons. The molecule has 5 nitrogen and oxygen atoms in total. The van der Waals surface area contributed by atoms with Crippen LogP contribution in [0, 0.1) is 0 Å². The third-order valence-electron chi connectivity index (χ3n) is 2.68. The molecule has 6 heteroatoms. The molecule has 1 atom stereocenters. The number of benzene rings is 1. The summed E-state index contributed by atoms with van der Waals surface area (Å²) in [5, 5.41) is 0.446. The third-order valence-corrected chi connectivity index (χ3v) is 3.95. The minimum Gasteiger partial charge on any atom is -0.494 e. The fourth-order valence-electron chi connectivity index (χ4n) is 1.75. The number of aromatic amines is 1. The van der Waals surface area contributed by atoms with Gasteiger partial charge in [0.05, 0.1) is 22.9 Å². The van der Waals surface area contributed by atoms with Gasteiger partial charge >= 0.3 is 0 Å². The first-order valence-electron chi connectivity index (χ1n) is 6.22. The van der Waals surface area contributed by atoms with Crippen LogP contribution in [0.4, 0.5) is 0 Å². The van der Waals surface area contributed by atoms with Crippen LogP contribution < -0.4 is 10.5 Å². The van der Waals surface area contributed by atoms with Crippen LogP contribution in [-0.4, -0.2) is 27.7 Å². The predicted molar refractivity (Wildman–Crippen MR) is 76.4 cm³/mol. The van der Waals surface area contributed by atoms with Gasteiger partial charge in [0, 0.05) is 6.07 Å². The van der Waals surface area contributed by atoms with E-state index in [1.807, 2.05) is 32.0 Å². The van der Waals surface area contributed by atoms with Gasteiger partial charge in [-0.15, -0.1) is 0 Å². The highest BCUT2D eigenvalue weighted by atomic mass is 32.2. The zero-order valence-electron chi connectivity index (χ0n) is 11.0. The molecule has 2 rings (SSSR count). The number of hydrogen-bond acceptors (Lipinski definition) is 4. The number of H-pyrrole nitrogens is 1. The van der Waals surface area contributed by atoms with Gasteiger partial charge in [-0.3, -0.25) is 4.79 Å². The van der Waals surface area contributed by atoms with Gasteiger partial charge in [0.25, 0.3) is 0 Å². The van der Waals surface area contributed by atoms with Gasteiger partial charge in [0.2, 0.25) is 5.91 Å². The molecule has 0 aliphatic heterocycles. The Morgan fingerprint density at radius 2 is 2.32 bits per heavy atom. The molecule has 0 aliphatic carbocycles. The summed E-state index contributed by atoms with van der Waals surface area (Å²) in [6.07, 6.45) is 0.682. The van der Waals surface area contributed by atoms with Crippen molar-refractivity contribution >= 4 is 28.7 Å². The van der Waals surface area contributed by atoms with Gasteiger partial charge in [0.1, 0.15) is 5.75 Å². The van der Waals surface area contributed by atoms with Crippen LogP contribution in [0.5, 0.6) is 5.75 Å². The maximum atomic E-state index is 11.2. The van der Waals surface area contributed by atoms with E-state index in [2.05, 4.69) is 9.97 Å². The summed E-state index contributed by atoms with van der Waals surface area (Å²) in [4.78, 5) is 18.8. The molecule has 1 unspecified atom stereocenters. The van der Waals surface area contributed by atoms with E-state index in [0.29, 0.717) is 18.2 Å².